The third-order valence-electron chi connectivity index (χ3n) is 5.81. The van der Waals surface area contributed by atoms with Crippen LogP contribution in [-0.2, 0) is 19.5 Å². The summed E-state index contributed by atoms with van der Waals surface area (Å²) in [6.07, 6.45) is 3.33. The lowest BCUT2D eigenvalue weighted by molar-refractivity contribution is 0.243. The van der Waals surface area contributed by atoms with Gasteiger partial charge in [-0.2, -0.15) is 0 Å². The van der Waals surface area contributed by atoms with Crippen molar-refractivity contribution in [1.29, 1.82) is 0 Å². The molecule has 3 aromatic rings. The molecule has 5 rings (SSSR count). The number of methoxy groups -OCH3 is 1. The van der Waals surface area contributed by atoms with Crippen molar-refractivity contribution >= 4 is 0 Å². The molecule has 2 heterocycles. The molecule has 0 saturated heterocycles. The van der Waals surface area contributed by atoms with Gasteiger partial charge in [0.2, 0.25) is 0 Å². The Hall–Kier alpha value is -2.92. The number of benzene rings is 2. The van der Waals surface area contributed by atoms with Crippen LogP contribution >= 0.6 is 0 Å². The van der Waals surface area contributed by atoms with Crippen molar-refractivity contribution in [2.75, 3.05) is 13.7 Å². The van der Waals surface area contributed by atoms with Gasteiger partial charge in [-0.1, -0.05) is 12.1 Å². The predicted octanol–water partition coefficient (Wildman–Crippen LogP) is 4.29. The molecule has 0 bridgehead atoms. The third-order valence-corrected chi connectivity index (χ3v) is 5.81. The normalized spacial score (nSPS) is 16.4. The summed E-state index contributed by atoms with van der Waals surface area (Å²) >= 11 is 0. The summed E-state index contributed by atoms with van der Waals surface area (Å²) in [4.78, 5) is 12.4. The molecule has 1 aliphatic carbocycles. The van der Waals surface area contributed by atoms with E-state index in [0.29, 0.717) is 5.92 Å². The zero-order chi connectivity index (χ0) is 19.8. The van der Waals surface area contributed by atoms with Crippen LogP contribution in [0.2, 0.25) is 0 Å². The van der Waals surface area contributed by atoms with E-state index in [2.05, 4.69) is 17.0 Å². The molecule has 5 nitrogen and oxygen atoms in total. The fourth-order valence-electron chi connectivity index (χ4n) is 4.00. The van der Waals surface area contributed by atoms with E-state index >= 15 is 0 Å². The number of phenolic OH excluding ortho intramolecular Hbond substituents is 1. The zero-order valence-corrected chi connectivity index (χ0v) is 16.6. The van der Waals surface area contributed by atoms with Crippen LogP contribution in [0, 0.1) is 0 Å². The van der Waals surface area contributed by atoms with Crippen molar-refractivity contribution in [3.63, 3.8) is 0 Å². The smallest absolute Gasteiger partial charge is 0.132 e. The first kappa shape index (κ1) is 18.1. The largest absolute Gasteiger partial charge is 0.508 e. The van der Waals surface area contributed by atoms with E-state index in [9.17, 15) is 5.11 Å². The lowest BCUT2D eigenvalue weighted by Gasteiger charge is -2.30. The maximum Gasteiger partial charge on any atom is 0.132 e. The van der Waals surface area contributed by atoms with E-state index in [-0.39, 0.29) is 5.75 Å². The van der Waals surface area contributed by atoms with Crippen LogP contribution in [0.25, 0.3) is 11.3 Å². The maximum atomic E-state index is 9.69. The fourth-order valence-corrected chi connectivity index (χ4v) is 4.00. The number of hydrogen-bond donors (Lipinski definition) is 1. The average Bonchev–Trinajstić information content (AvgIpc) is 3.60. The van der Waals surface area contributed by atoms with Gasteiger partial charge < -0.3 is 9.84 Å². The molecule has 1 N–H and O–H groups in total. The molecule has 29 heavy (non-hydrogen) atoms. The van der Waals surface area contributed by atoms with Crippen LogP contribution < -0.4 is 4.74 Å². The topological polar surface area (TPSA) is 58.5 Å². The molecule has 0 spiro atoms. The van der Waals surface area contributed by atoms with E-state index in [0.717, 1.165) is 48.9 Å². The molecule has 148 valence electrons. The number of rotatable bonds is 5. The van der Waals surface area contributed by atoms with Gasteiger partial charge in [0.15, 0.2) is 0 Å². The molecule has 2 aliphatic rings. The Morgan fingerprint density at radius 3 is 2.48 bits per heavy atom. The van der Waals surface area contributed by atoms with Crippen LogP contribution in [0.3, 0.4) is 0 Å². The minimum atomic E-state index is 0.278. The second-order valence-corrected chi connectivity index (χ2v) is 7.99. The van der Waals surface area contributed by atoms with E-state index in [1.165, 1.54) is 29.7 Å². The summed E-state index contributed by atoms with van der Waals surface area (Å²) in [5, 5.41) is 9.69. The first-order chi connectivity index (χ1) is 14.2. The number of aromatic hydroxyl groups is 1. The monoisotopic (exact) mass is 387 g/mol. The molecule has 1 fully saturated rings. The van der Waals surface area contributed by atoms with Crippen LogP contribution in [0.15, 0.2) is 48.5 Å². The number of nitrogens with zero attached hydrogens (tertiary/aromatic N) is 3. The van der Waals surface area contributed by atoms with E-state index in [4.69, 9.17) is 14.7 Å². The second-order valence-electron chi connectivity index (χ2n) is 7.99. The van der Waals surface area contributed by atoms with E-state index in [1.54, 1.807) is 19.2 Å². The first-order valence-electron chi connectivity index (χ1n) is 10.2. The van der Waals surface area contributed by atoms with Gasteiger partial charge in [-0.15, -0.1) is 0 Å². The molecule has 2 aromatic carbocycles. The summed E-state index contributed by atoms with van der Waals surface area (Å²) in [6.45, 7) is 2.72. The van der Waals surface area contributed by atoms with Crippen LogP contribution in [0.1, 0.15) is 41.4 Å². The minimum Gasteiger partial charge on any atom is -0.508 e. The lowest BCUT2D eigenvalue weighted by Crippen LogP contribution is -2.31. The fraction of sp³-hybridized carbons (Fsp3) is 0.333. The third kappa shape index (κ3) is 3.83. The van der Waals surface area contributed by atoms with Gasteiger partial charge in [-0.05, 0) is 54.8 Å². The second kappa shape index (κ2) is 7.48. The molecule has 5 heteroatoms. The SMILES string of the molecule is COc1ccc(CN2CCc3nc(C4CC4)nc(-c4ccc(O)cc4)c3C2)cc1. The van der Waals surface area contributed by atoms with Crippen molar-refractivity contribution < 1.29 is 9.84 Å². The molecule has 0 unspecified atom stereocenters. The standard InChI is InChI=1S/C24H25N3O2/c1-29-20-10-2-16(3-11-20)14-27-13-12-22-21(15-27)23(17-6-8-19(28)9-7-17)26-24(25-22)18-4-5-18/h2-3,6-11,18,28H,4-5,12-15H2,1H3. The van der Waals surface area contributed by atoms with Gasteiger partial charge >= 0.3 is 0 Å². The molecule has 1 saturated carbocycles. The lowest BCUT2D eigenvalue weighted by atomic mass is 9.98. The summed E-state index contributed by atoms with van der Waals surface area (Å²) in [5.41, 5.74) is 5.76. The Labute approximate surface area is 171 Å². The zero-order valence-electron chi connectivity index (χ0n) is 16.6. The van der Waals surface area contributed by atoms with Crippen LogP contribution in [0.4, 0.5) is 0 Å². The Morgan fingerprint density at radius 1 is 1.03 bits per heavy atom. The predicted molar refractivity (Wildman–Crippen MR) is 112 cm³/mol. The number of aromatic nitrogens is 2. The average molecular weight is 387 g/mol. The van der Waals surface area contributed by atoms with Crippen molar-refractivity contribution in [2.45, 2.75) is 38.3 Å². The Balaban J connectivity index is 1.45. The highest BCUT2D eigenvalue weighted by molar-refractivity contribution is 5.65. The van der Waals surface area contributed by atoms with Gasteiger partial charge in [-0.3, -0.25) is 4.90 Å². The highest BCUT2D eigenvalue weighted by atomic mass is 16.5. The van der Waals surface area contributed by atoms with Crippen molar-refractivity contribution in [2.24, 2.45) is 0 Å². The molecular weight excluding hydrogens is 362 g/mol. The Morgan fingerprint density at radius 2 is 1.79 bits per heavy atom. The van der Waals surface area contributed by atoms with Gasteiger partial charge in [0.1, 0.15) is 17.3 Å². The summed E-state index contributed by atoms with van der Waals surface area (Å²) in [7, 11) is 1.69. The van der Waals surface area contributed by atoms with Crippen LogP contribution in [0.5, 0.6) is 11.5 Å². The number of ether oxygens (including phenoxy) is 1. The Kier molecular flexibility index (Phi) is 4.68. The first-order valence-corrected chi connectivity index (χ1v) is 10.2. The maximum absolute atomic E-state index is 9.69. The summed E-state index contributed by atoms with van der Waals surface area (Å²) < 4.78 is 5.27. The minimum absolute atomic E-state index is 0.278. The van der Waals surface area contributed by atoms with Gasteiger partial charge in [-0.25, -0.2) is 9.97 Å². The molecule has 0 atom stereocenters. The molecule has 1 aliphatic heterocycles. The molecular formula is C24H25N3O2. The van der Waals surface area contributed by atoms with Gasteiger partial charge in [0.25, 0.3) is 0 Å². The van der Waals surface area contributed by atoms with Crippen molar-refractivity contribution in [3.05, 3.63) is 71.2 Å². The quantitative estimate of drug-likeness (QED) is 0.708. The van der Waals surface area contributed by atoms with Gasteiger partial charge in [0.05, 0.1) is 18.5 Å². The van der Waals surface area contributed by atoms with Crippen molar-refractivity contribution in [3.8, 4) is 22.8 Å². The summed E-state index contributed by atoms with van der Waals surface area (Å²) in [6, 6.07) is 15.7. The highest BCUT2D eigenvalue weighted by Crippen LogP contribution is 2.40. The summed E-state index contributed by atoms with van der Waals surface area (Å²) in [5.74, 6) is 2.68. The Bertz CT molecular complexity index is 1010. The number of phenols is 1. The number of fused-ring (bicyclic) bond motifs is 1. The molecule has 0 radical (unpaired) electrons. The van der Waals surface area contributed by atoms with E-state index in [1.807, 2.05) is 24.3 Å². The van der Waals surface area contributed by atoms with Crippen molar-refractivity contribution in [1.82, 2.24) is 14.9 Å². The molecule has 1 aromatic heterocycles. The highest BCUT2D eigenvalue weighted by Gasteiger charge is 2.30. The number of hydrogen-bond acceptors (Lipinski definition) is 5. The molecule has 0 amide bonds. The van der Waals surface area contributed by atoms with Crippen LogP contribution in [-0.4, -0.2) is 33.6 Å². The van der Waals surface area contributed by atoms with E-state index < -0.39 is 0 Å². The van der Waals surface area contributed by atoms with Gasteiger partial charge in [0, 0.05) is 43.1 Å².